The van der Waals surface area contributed by atoms with E-state index in [0.717, 1.165) is 4.90 Å². The van der Waals surface area contributed by atoms with Crippen molar-refractivity contribution in [3.63, 3.8) is 0 Å². The van der Waals surface area contributed by atoms with Gasteiger partial charge in [-0.1, -0.05) is 30.0 Å². The number of rotatable bonds is 4. The number of hydrogen-bond donors (Lipinski definition) is 0. The minimum atomic E-state index is -0.225. The van der Waals surface area contributed by atoms with Crippen molar-refractivity contribution in [1.29, 1.82) is 0 Å². The first-order valence-electron chi connectivity index (χ1n) is 4.10. The first-order valence-corrected chi connectivity index (χ1v) is 5.39. The van der Waals surface area contributed by atoms with Gasteiger partial charge in [0.05, 0.1) is 7.11 Å². The molecule has 14 heavy (non-hydrogen) atoms. The maximum atomic E-state index is 5.20. The van der Waals surface area contributed by atoms with Crippen LogP contribution in [0.1, 0.15) is 0 Å². The second-order valence-corrected chi connectivity index (χ2v) is 4.06. The number of ether oxygens (including phenoxy) is 2. The predicted molar refractivity (Wildman–Crippen MR) is 62.7 cm³/mol. The molecule has 0 saturated carbocycles. The molecule has 0 fully saturated rings. The zero-order valence-corrected chi connectivity index (χ0v) is 9.73. The average Bonchev–Trinajstić information content (AvgIpc) is 2.26. The molecule has 4 heteroatoms. The van der Waals surface area contributed by atoms with Crippen molar-refractivity contribution >= 4 is 29.0 Å². The third kappa shape index (κ3) is 3.29. The van der Waals surface area contributed by atoms with Gasteiger partial charge in [-0.25, -0.2) is 0 Å². The summed E-state index contributed by atoms with van der Waals surface area (Å²) in [6.45, 7) is 0. The Morgan fingerprint density at radius 2 is 1.93 bits per heavy atom. The van der Waals surface area contributed by atoms with Crippen molar-refractivity contribution in [1.82, 2.24) is 0 Å². The zero-order valence-electron chi connectivity index (χ0n) is 8.10. The van der Waals surface area contributed by atoms with Gasteiger partial charge in [0.15, 0.2) is 10.5 Å². The zero-order chi connectivity index (χ0) is 10.4. The Morgan fingerprint density at radius 3 is 2.43 bits per heavy atom. The van der Waals surface area contributed by atoms with Gasteiger partial charge in [0, 0.05) is 12.0 Å². The molecule has 0 aliphatic heterocycles. The van der Waals surface area contributed by atoms with Crippen LogP contribution in [-0.2, 0) is 9.47 Å². The highest BCUT2D eigenvalue weighted by Crippen LogP contribution is 2.24. The number of thiocarbonyl (C=S) groups is 1. The van der Waals surface area contributed by atoms with E-state index >= 15 is 0 Å². The highest BCUT2D eigenvalue weighted by atomic mass is 32.2. The fourth-order valence-electron chi connectivity index (χ4n) is 0.911. The minimum absolute atomic E-state index is 0.225. The van der Waals surface area contributed by atoms with Gasteiger partial charge in [-0.3, -0.25) is 0 Å². The largest absolute Gasteiger partial charge is 0.487 e. The maximum Gasteiger partial charge on any atom is 0.199 e. The van der Waals surface area contributed by atoms with Crippen LogP contribution < -0.4 is 0 Å². The predicted octanol–water partition coefficient (Wildman–Crippen LogP) is 2.73. The topological polar surface area (TPSA) is 18.5 Å². The van der Waals surface area contributed by atoms with Crippen LogP contribution in [0.5, 0.6) is 0 Å². The van der Waals surface area contributed by atoms with E-state index in [-0.39, 0.29) is 5.44 Å². The van der Waals surface area contributed by atoms with Crippen molar-refractivity contribution in [2.45, 2.75) is 10.3 Å². The molecule has 1 unspecified atom stereocenters. The molecule has 0 saturated heterocycles. The molecule has 76 valence electrons. The first kappa shape index (κ1) is 11.5. The van der Waals surface area contributed by atoms with Crippen LogP contribution in [0.25, 0.3) is 0 Å². The van der Waals surface area contributed by atoms with Crippen molar-refractivity contribution in [3.05, 3.63) is 30.3 Å². The van der Waals surface area contributed by atoms with Gasteiger partial charge < -0.3 is 9.47 Å². The van der Waals surface area contributed by atoms with E-state index in [0.29, 0.717) is 5.05 Å². The van der Waals surface area contributed by atoms with E-state index in [2.05, 4.69) is 0 Å². The van der Waals surface area contributed by atoms with Crippen LogP contribution in [0.15, 0.2) is 35.2 Å². The molecule has 1 rings (SSSR count). The molecule has 1 atom stereocenters. The highest BCUT2D eigenvalue weighted by Gasteiger charge is 2.15. The van der Waals surface area contributed by atoms with Crippen LogP contribution in [0.3, 0.4) is 0 Å². The Bertz CT molecular complexity index is 287. The SMILES string of the molecule is COC(=S)C(OC)Sc1ccccc1. The fourth-order valence-corrected chi connectivity index (χ4v) is 2.00. The first-order chi connectivity index (χ1) is 6.77. The lowest BCUT2D eigenvalue weighted by Crippen LogP contribution is -2.18. The Kier molecular flexibility index (Phi) is 4.93. The Morgan fingerprint density at radius 1 is 1.29 bits per heavy atom. The summed E-state index contributed by atoms with van der Waals surface area (Å²) in [6, 6.07) is 9.94. The van der Waals surface area contributed by atoms with Crippen LogP contribution in [0.2, 0.25) is 0 Å². The van der Waals surface area contributed by atoms with E-state index in [1.165, 1.54) is 11.8 Å². The van der Waals surface area contributed by atoms with E-state index in [9.17, 15) is 0 Å². The molecular formula is C10H12O2S2. The summed E-state index contributed by atoms with van der Waals surface area (Å²) >= 11 is 6.54. The van der Waals surface area contributed by atoms with Crippen molar-refractivity contribution in [2.75, 3.05) is 14.2 Å². The lowest BCUT2D eigenvalue weighted by atomic mass is 10.4. The average molecular weight is 228 g/mol. The summed E-state index contributed by atoms with van der Waals surface area (Å²) in [5.74, 6) is 0. The molecule has 1 aromatic carbocycles. The van der Waals surface area contributed by atoms with Crippen LogP contribution in [0.4, 0.5) is 0 Å². The quantitative estimate of drug-likeness (QED) is 0.448. The molecule has 0 heterocycles. The fraction of sp³-hybridized carbons (Fsp3) is 0.300. The number of methoxy groups -OCH3 is 2. The number of hydrogen-bond acceptors (Lipinski definition) is 4. The highest BCUT2D eigenvalue weighted by molar-refractivity contribution is 8.01. The van der Waals surface area contributed by atoms with Gasteiger partial charge in [-0.2, -0.15) is 0 Å². The van der Waals surface area contributed by atoms with Crippen molar-refractivity contribution < 1.29 is 9.47 Å². The summed E-state index contributed by atoms with van der Waals surface area (Å²) < 4.78 is 10.2. The van der Waals surface area contributed by atoms with Crippen LogP contribution >= 0.6 is 24.0 Å². The van der Waals surface area contributed by atoms with Gasteiger partial charge in [0.2, 0.25) is 0 Å². The molecule has 0 aliphatic carbocycles. The van der Waals surface area contributed by atoms with Gasteiger partial charge in [0.25, 0.3) is 0 Å². The van der Waals surface area contributed by atoms with Crippen LogP contribution in [-0.4, -0.2) is 24.7 Å². The smallest absolute Gasteiger partial charge is 0.199 e. The summed E-state index contributed by atoms with van der Waals surface area (Å²) in [7, 11) is 3.17. The number of thioether (sulfide) groups is 1. The van der Waals surface area contributed by atoms with Crippen LogP contribution in [0, 0.1) is 0 Å². The Balaban J connectivity index is 2.62. The summed E-state index contributed by atoms with van der Waals surface area (Å²) in [4.78, 5) is 1.11. The molecule has 0 aromatic heterocycles. The molecule has 1 aromatic rings. The monoisotopic (exact) mass is 228 g/mol. The van der Waals surface area contributed by atoms with Crippen molar-refractivity contribution in [2.24, 2.45) is 0 Å². The molecule has 0 aliphatic rings. The standard InChI is InChI=1S/C10H12O2S2/c1-11-9(13)10(12-2)14-8-6-4-3-5-7-8/h3-7,10H,1-2H3. The lowest BCUT2D eigenvalue weighted by Gasteiger charge is -2.14. The minimum Gasteiger partial charge on any atom is -0.487 e. The summed E-state index contributed by atoms with van der Waals surface area (Å²) in [6.07, 6.45) is 0. The lowest BCUT2D eigenvalue weighted by molar-refractivity contribution is 0.199. The van der Waals surface area contributed by atoms with E-state index < -0.39 is 0 Å². The molecule has 2 nitrogen and oxygen atoms in total. The molecule has 0 radical (unpaired) electrons. The molecule has 0 amide bonds. The maximum absolute atomic E-state index is 5.20. The van der Waals surface area contributed by atoms with Gasteiger partial charge in [-0.15, -0.1) is 0 Å². The van der Waals surface area contributed by atoms with Gasteiger partial charge in [-0.05, 0) is 24.4 Å². The molecule has 0 N–H and O–H groups in total. The Hall–Kier alpha value is -0.580. The molecule has 0 bridgehead atoms. The van der Waals surface area contributed by atoms with Gasteiger partial charge in [0.1, 0.15) is 0 Å². The normalized spacial score (nSPS) is 12.1. The van der Waals surface area contributed by atoms with Crippen molar-refractivity contribution in [3.8, 4) is 0 Å². The summed E-state index contributed by atoms with van der Waals surface area (Å²) in [5, 5.41) is 0.460. The number of benzene rings is 1. The van der Waals surface area contributed by atoms with Gasteiger partial charge >= 0.3 is 0 Å². The second kappa shape index (κ2) is 6.01. The third-order valence-corrected chi connectivity index (χ3v) is 3.29. The summed E-state index contributed by atoms with van der Waals surface area (Å²) in [5.41, 5.74) is -0.225. The molecule has 0 spiro atoms. The third-order valence-electron chi connectivity index (χ3n) is 1.59. The van der Waals surface area contributed by atoms with E-state index in [1.807, 2.05) is 30.3 Å². The Labute approximate surface area is 93.6 Å². The molecular weight excluding hydrogens is 216 g/mol. The second-order valence-electron chi connectivity index (χ2n) is 2.52. The van der Waals surface area contributed by atoms with E-state index in [1.54, 1.807) is 14.2 Å². The van der Waals surface area contributed by atoms with E-state index in [4.69, 9.17) is 21.7 Å².